The molecule has 1 aromatic carbocycles. The van der Waals surface area contributed by atoms with Gasteiger partial charge < -0.3 is 19.9 Å². The van der Waals surface area contributed by atoms with E-state index >= 15 is 0 Å². The second-order valence-electron chi connectivity index (χ2n) is 7.33. The van der Waals surface area contributed by atoms with Gasteiger partial charge in [0.05, 0.1) is 32.3 Å². The van der Waals surface area contributed by atoms with Crippen molar-refractivity contribution in [1.82, 2.24) is 20.0 Å². The minimum absolute atomic E-state index is 0.0232. The molecule has 1 aliphatic heterocycles. The van der Waals surface area contributed by atoms with Crippen LogP contribution in [-0.2, 0) is 9.53 Å². The summed E-state index contributed by atoms with van der Waals surface area (Å²) in [6.45, 7) is 11.8. The molecule has 1 amide bonds. The van der Waals surface area contributed by atoms with Gasteiger partial charge in [-0.3, -0.25) is 14.7 Å². The predicted molar refractivity (Wildman–Crippen MR) is 118 cm³/mol. The summed E-state index contributed by atoms with van der Waals surface area (Å²) in [4.78, 5) is 23.3. The molecule has 7 nitrogen and oxygen atoms in total. The van der Waals surface area contributed by atoms with Crippen LogP contribution in [0.1, 0.15) is 32.4 Å². The minimum atomic E-state index is -0.244. The maximum Gasteiger partial charge on any atom is 0.242 e. The average Bonchev–Trinajstić information content (AvgIpc) is 2.75. The molecule has 2 rings (SSSR count). The number of likely N-dealkylation sites (N-methyl/N-ethyl adjacent to an activating group) is 2. The molecule has 1 fully saturated rings. The Labute approximate surface area is 179 Å². The molecular weight excluding hydrogens is 385 g/mol. The number of morpholine rings is 1. The summed E-state index contributed by atoms with van der Waals surface area (Å²) < 4.78 is 18.9. The van der Waals surface area contributed by atoms with Crippen LogP contribution < -0.4 is 5.32 Å². The Morgan fingerprint density at radius 1 is 1.20 bits per heavy atom. The molecule has 8 heteroatoms. The van der Waals surface area contributed by atoms with Gasteiger partial charge in [-0.1, -0.05) is 12.1 Å². The van der Waals surface area contributed by atoms with E-state index in [1.54, 1.807) is 0 Å². The number of rotatable bonds is 9. The molecule has 1 atom stereocenters. The third-order valence-corrected chi connectivity index (χ3v) is 5.34. The van der Waals surface area contributed by atoms with Crippen LogP contribution >= 0.6 is 0 Å². The molecule has 1 unspecified atom stereocenters. The molecule has 1 heterocycles. The van der Waals surface area contributed by atoms with E-state index in [4.69, 9.17) is 9.73 Å². The van der Waals surface area contributed by atoms with Crippen LogP contribution in [0.3, 0.4) is 0 Å². The van der Waals surface area contributed by atoms with E-state index in [1.165, 1.54) is 12.1 Å². The fraction of sp³-hybridized carbons (Fsp3) is 0.636. The van der Waals surface area contributed by atoms with Gasteiger partial charge in [0, 0.05) is 39.8 Å². The summed E-state index contributed by atoms with van der Waals surface area (Å²) in [6, 6.07) is 6.66. The maximum absolute atomic E-state index is 13.4. The van der Waals surface area contributed by atoms with Gasteiger partial charge in [-0.2, -0.15) is 0 Å². The quantitative estimate of drug-likeness (QED) is 0.488. The fourth-order valence-corrected chi connectivity index (χ4v) is 3.60. The Balaban J connectivity index is 2.17. The molecule has 0 radical (unpaired) electrons. The second-order valence-corrected chi connectivity index (χ2v) is 7.33. The van der Waals surface area contributed by atoms with Crippen LogP contribution in [-0.4, -0.2) is 92.6 Å². The average molecular weight is 422 g/mol. The summed E-state index contributed by atoms with van der Waals surface area (Å²) in [7, 11) is 1.88. The molecule has 168 valence electrons. The third kappa shape index (κ3) is 6.95. The molecular formula is C22H36FN5O2. The van der Waals surface area contributed by atoms with Crippen molar-refractivity contribution in [3.8, 4) is 0 Å². The van der Waals surface area contributed by atoms with Crippen LogP contribution in [0, 0.1) is 5.82 Å². The number of nitrogens with zero attached hydrogens (tertiary/aromatic N) is 4. The van der Waals surface area contributed by atoms with Crippen molar-refractivity contribution in [2.24, 2.45) is 4.99 Å². The van der Waals surface area contributed by atoms with Gasteiger partial charge in [0.2, 0.25) is 5.91 Å². The van der Waals surface area contributed by atoms with Crippen molar-refractivity contribution in [3.63, 3.8) is 0 Å². The number of halogens is 1. The van der Waals surface area contributed by atoms with E-state index in [1.807, 2.05) is 49.8 Å². The van der Waals surface area contributed by atoms with Gasteiger partial charge >= 0.3 is 0 Å². The molecule has 0 aliphatic carbocycles. The minimum Gasteiger partial charge on any atom is -0.379 e. The molecule has 1 aliphatic rings. The first-order chi connectivity index (χ1) is 14.5. The first-order valence-electron chi connectivity index (χ1n) is 10.8. The van der Waals surface area contributed by atoms with Crippen molar-refractivity contribution >= 4 is 11.9 Å². The monoisotopic (exact) mass is 421 g/mol. The molecule has 0 bridgehead atoms. The highest BCUT2D eigenvalue weighted by Gasteiger charge is 2.23. The van der Waals surface area contributed by atoms with Gasteiger partial charge in [0.25, 0.3) is 0 Å². The molecule has 0 spiro atoms. The SMILES string of the molecule is CCNC(=NCC(c1ccc(F)cc1)N1CCOCC1)N(C)CC(=O)N(CC)CC. The van der Waals surface area contributed by atoms with Gasteiger partial charge in [-0.15, -0.1) is 0 Å². The molecule has 0 saturated carbocycles. The highest BCUT2D eigenvalue weighted by atomic mass is 19.1. The lowest BCUT2D eigenvalue weighted by molar-refractivity contribution is -0.131. The van der Waals surface area contributed by atoms with E-state index in [9.17, 15) is 9.18 Å². The first kappa shape index (κ1) is 24.1. The Morgan fingerprint density at radius 2 is 1.83 bits per heavy atom. The summed E-state index contributed by atoms with van der Waals surface area (Å²) in [5.74, 6) is 0.528. The summed E-state index contributed by atoms with van der Waals surface area (Å²) in [5.41, 5.74) is 1.03. The largest absolute Gasteiger partial charge is 0.379 e. The highest BCUT2D eigenvalue weighted by Crippen LogP contribution is 2.23. The number of benzene rings is 1. The number of aliphatic imine (C=N–C) groups is 1. The smallest absolute Gasteiger partial charge is 0.242 e. The predicted octanol–water partition coefficient (Wildman–Crippen LogP) is 1.96. The van der Waals surface area contributed by atoms with E-state index in [0.29, 0.717) is 45.4 Å². The molecule has 0 aromatic heterocycles. The number of ether oxygens (including phenoxy) is 1. The zero-order valence-electron chi connectivity index (χ0n) is 18.7. The van der Waals surface area contributed by atoms with Crippen LogP contribution in [0.5, 0.6) is 0 Å². The molecule has 1 N–H and O–H groups in total. The fourth-order valence-electron chi connectivity index (χ4n) is 3.60. The Kier molecular flexibility index (Phi) is 10.0. The zero-order chi connectivity index (χ0) is 21.9. The van der Waals surface area contributed by atoms with Crippen molar-refractivity contribution in [2.75, 3.05) is 66.1 Å². The summed E-state index contributed by atoms with van der Waals surface area (Å²) in [6.07, 6.45) is 0. The normalized spacial score (nSPS) is 16.2. The lowest BCUT2D eigenvalue weighted by Crippen LogP contribution is -2.46. The Hall–Kier alpha value is -2.19. The van der Waals surface area contributed by atoms with Crippen LogP contribution in [0.4, 0.5) is 4.39 Å². The van der Waals surface area contributed by atoms with Crippen molar-refractivity contribution in [1.29, 1.82) is 0 Å². The van der Waals surface area contributed by atoms with Gasteiger partial charge in [0.1, 0.15) is 5.82 Å². The Bertz CT molecular complexity index is 673. The maximum atomic E-state index is 13.4. The first-order valence-corrected chi connectivity index (χ1v) is 10.8. The van der Waals surface area contributed by atoms with Crippen molar-refractivity contribution in [3.05, 3.63) is 35.6 Å². The second kappa shape index (κ2) is 12.5. The van der Waals surface area contributed by atoms with E-state index in [-0.39, 0.29) is 24.3 Å². The van der Waals surface area contributed by atoms with E-state index in [2.05, 4.69) is 10.2 Å². The van der Waals surface area contributed by atoms with Crippen molar-refractivity contribution in [2.45, 2.75) is 26.8 Å². The number of hydrogen-bond acceptors (Lipinski definition) is 4. The number of amides is 1. The highest BCUT2D eigenvalue weighted by molar-refractivity contribution is 5.86. The van der Waals surface area contributed by atoms with Gasteiger partial charge in [0.15, 0.2) is 5.96 Å². The standard InChI is InChI=1S/C22H36FN5O2/c1-5-24-22(26(4)17-21(29)27(6-2)7-3)25-16-20(28-12-14-30-15-13-28)18-8-10-19(23)11-9-18/h8-11,20H,5-7,12-17H2,1-4H3,(H,24,25). The van der Waals surface area contributed by atoms with Gasteiger partial charge in [-0.25, -0.2) is 4.39 Å². The number of hydrogen-bond donors (Lipinski definition) is 1. The van der Waals surface area contributed by atoms with Gasteiger partial charge in [-0.05, 0) is 38.5 Å². The number of guanidine groups is 1. The number of nitrogens with one attached hydrogen (secondary N) is 1. The zero-order valence-corrected chi connectivity index (χ0v) is 18.7. The lowest BCUT2D eigenvalue weighted by atomic mass is 10.0. The van der Waals surface area contributed by atoms with Crippen LogP contribution in [0.15, 0.2) is 29.3 Å². The molecule has 30 heavy (non-hydrogen) atoms. The van der Waals surface area contributed by atoms with E-state index < -0.39 is 0 Å². The van der Waals surface area contributed by atoms with Crippen LogP contribution in [0.2, 0.25) is 0 Å². The van der Waals surface area contributed by atoms with Crippen molar-refractivity contribution < 1.29 is 13.9 Å². The summed E-state index contributed by atoms with van der Waals surface area (Å²) in [5, 5.41) is 3.28. The topological polar surface area (TPSA) is 60.4 Å². The van der Waals surface area contributed by atoms with E-state index in [0.717, 1.165) is 18.7 Å². The van der Waals surface area contributed by atoms with Crippen LogP contribution in [0.25, 0.3) is 0 Å². The third-order valence-electron chi connectivity index (χ3n) is 5.34. The number of carbonyl (C=O) groups excluding carboxylic acids is 1. The number of carbonyl (C=O) groups is 1. The summed E-state index contributed by atoms with van der Waals surface area (Å²) >= 11 is 0. The molecule has 1 saturated heterocycles. The lowest BCUT2D eigenvalue weighted by Gasteiger charge is -2.34. The molecule has 1 aromatic rings. The Morgan fingerprint density at radius 3 is 2.40 bits per heavy atom.